The maximum absolute atomic E-state index is 9.38. The first-order valence-corrected chi connectivity index (χ1v) is 6.08. The lowest BCUT2D eigenvalue weighted by Crippen LogP contribution is -2.43. The standard InChI is InChI=1S/C14H25NO2/c1-9-10(2)14(17-16,13(6,7)8)15-11(9)12(3,4)5/h16H,1-8H3/t14-/m0/s1. The van der Waals surface area contributed by atoms with Gasteiger partial charge in [-0.05, 0) is 25.0 Å². The molecule has 3 heteroatoms. The van der Waals surface area contributed by atoms with Crippen LogP contribution in [-0.4, -0.2) is 16.7 Å². The number of aliphatic imine (C=N–C) groups is 1. The zero-order chi connectivity index (χ0) is 13.6. The smallest absolute Gasteiger partial charge is 0.219 e. The first kappa shape index (κ1) is 14.4. The summed E-state index contributed by atoms with van der Waals surface area (Å²) >= 11 is 0. The summed E-state index contributed by atoms with van der Waals surface area (Å²) in [5.41, 5.74) is 1.86. The molecule has 1 atom stereocenters. The minimum atomic E-state index is -0.945. The third kappa shape index (κ3) is 2.06. The predicted octanol–water partition coefficient (Wildman–Crippen LogP) is 4.06. The Labute approximate surface area is 105 Å². The zero-order valence-electron chi connectivity index (χ0n) is 12.3. The van der Waals surface area contributed by atoms with E-state index >= 15 is 0 Å². The Balaban J connectivity index is 3.45. The highest BCUT2D eigenvalue weighted by molar-refractivity contribution is 6.06. The van der Waals surface area contributed by atoms with Gasteiger partial charge in [-0.15, -0.1) is 0 Å². The molecule has 0 radical (unpaired) electrons. The molecule has 0 saturated carbocycles. The van der Waals surface area contributed by atoms with Crippen molar-refractivity contribution in [3.8, 4) is 0 Å². The second-order valence-electron chi connectivity index (χ2n) is 6.95. The van der Waals surface area contributed by atoms with Gasteiger partial charge in [0.15, 0.2) is 0 Å². The molecule has 1 rings (SSSR count). The fourth-order valence-corrected chi connectivity index (χ4v) is 2.44. The fraction of sp³-hybridized carbons (Fsp3) is 0.786. The summed E-state index contributed by atoms with van der Waals surface area (Å²) in [7, 11) is 0. The molecule has 0 amide bonds. The van der Waals surface area contributed by atoms with Crippen molar-refractivity contribution in [2.75, 3.05) is 0 Å². The largest absolute Gasteiger partial charge is 0.249 e. The molecule has 0 fully saturated rings. The van der Waals surface area contributed by atoms with Gasteiger partial charge in [-0.1, -0.05) is 41.5 Å². The van der Waals surface area contributed by atoms with E-state index in [1.807, 2.05) is 34.6 Å². The average Bonchev–Trinajstić information content (AvgIpc) is 2.39. The summed E-state index contributed by atoms with van der Waals surface area (Å²) < 4.78 is 0. The quantitative estimate of drug-likeness (QED) is 0.554. The van der Waals surface area contributed by atoms with Crippen LogP contribution in [0, 0.1) is 10.8 Å². The van der Waals surface area contributed by atoms with Gasteiger partial charge in [0.25, 0.3) is 0 Å². The monoisotopic (exact) mass is 239 g/mol. The number of rotatable bonds is 1. The molecule has 98 valence electrons. The van der Waals surface area contributed by atoms with E-state index in [9.17, 15) is 5.26 Å². The van der Waals surface area contributed by atoms with Gasteiger partial charge >= 0.3 is 0 Å². The molecule has 0 bridgehead atoms. The van der Waals surface area contributed by atoms with Crippen LogP contribution in [0.25, 0.3) is 0 Å². The van der Waals surface area contributed by atoms with Gasteiger partial charge in [0.2, 0.25) is 5.72 Å². The second kappa shape index (κ2) is 3.92. The Kier molecular flexibility index (Phi) is 3.32. The van der Waals surface area contributed by atoms with Crippen molar-refractivity contribution in [3.05, 3.63) is 11.1 Å². The average molecular weight is 239 g/mol. The molecule has 0 aromatic rings. The minimum absolute atomic E-state index is 0.0448. The van der Waals surface area contributed by atoms with E-state index in [0.717, 1.165) is 16.9 Å². The van der Waals surface area contributed by atoms with Gasteiger partial charge in [-0.3, -0.25) is 0 Å². The Morgan fingerprint density at radius 3 is 1.71 bits per heavy atom. The van der Waals surface area contributed by atoms with Gasteiger partial charge < -0.3 is 0 Å². The Hall–Kier alpha value is -0.670. The molecule has 0 aromatic heterocycles. The van der Waals surface area contributed by atoms with Gasteiger partial charge in [-0.2, -0.15) is 0 Å². The molecule has 17 heavy (non-hydrogen) atoms. The van der Waals surface area contributed by atoms with E-state index in [0.29, 0.717) is 0 Å². The van der Waals surface area contributed by atoms with E-state index in [1.165, 1.54) is 0 Å². The van der Waals surface area contributed by atoms with E-state index in [2.05, 4.69) is 20.8 Å². The lowest BCUT2D eigenvalue weighted by molar-refractivity contribution is -0.332. The van der Waals surface area contributed by atoms with Crippen LogP contribution in [-0.2, 0) is 4.89 Å². The second-order valence-corrected chi connectivity index (χ2v) is 6.95. The van der Waals surface area contributed by atoms with Gasteiger partial charge in [0.05, 0.1) is 0 Å². The van der Waals surface area contributed by atoms with Crippen molar-refractivity contribution < 1.29 is 10.1 Å². The third-order valence-electron chi connectivity index (χ3n) is 3.55. The number of hydrogen-bond donors (Lipinski definition) is 1. The molecule has 0 saturated heterocycles. The SMILES string of the molecule is CC1=C(C)[C@](OO)(C(C)(C)C)N=C1C(C)(C)C. The molecule has 1 heterocycles. The van der Waals surface area contributed by atoms with Gasteiger partial charge in [0.1, 0.15) is 0 Å². The van der Waals surface area contributed by atoms with Crippen molar-refractivity contribution >= 4 is 5.71 Å². The molecule has 0 aliphatic carbocycles. The number of allylic oxidation sites excluding steroid dienone is 1. The molecular formula is C14H25NO2. The summed E-state index contributed by atoms with van der Waals surface area (Å²) in [6, 6.07) is 0. The van der Waals surface area contributed by atoms with E-state index in [1.54, 1.807) is 0 Å². The van der Waals surface area contributed by atoms with Crippen molar-refractivity contribution in [2.24, 2.45) is 15.8 Å². The first-order chi connectivity index (χ1) is 7.47. The first-order valence-electron chi connectivity index (χ1n) is 6.08. The van der Waals surface area contributed by atoms with Crippen molar-refractivity contribution in [3.63, 3.8) is 0 Å². The normalized spacial score (nSPS) is 26.5. The number of hydrogen-bond acceptors (Lipinski definition) is 3. The molecule has 1 aliphatic rings. The Morgan fingerprint density at radius 2 is 1.53 bits per heavy atom. The summed E-state index contributed by atoms with van der Waals surface area (Å²) in [4.78, 5) is 9.54. The zero-order valence-corrected chi connectivity index (χ0v) is 12.3. The topological polar surface area (TPSA) is 41.8 Å². The lowest BCUT2D eigenvalue weighted by Gasteiger charge is -2.37. The molecule has 0 unspecified atom stereocenters. The Morgan fingerprint density at radius 1 is 1.06 bits per heavy atom. The predicted molar refractivity (Wildman–Crippen MR) is 71.2 cm³/mol. The maximum atomic E-state index is 9.38. The summed E-state index contributed by atoms with van der Waals surface area (Å²) in [6.45, 7) is 16.5. The van der Waals surface area contributed by atoms with Crippen molar-refractivity contribution in [1.29, 1.82) is 0 Å². The highest BCUT2D eigenvalue weighted by Gasteiger charge is 2.51. The maximum Gasteiger partial charge on any atom is 0.219 e. The molecule has 3 nitrogen and oxygen atoms in total. The molecule has 1 aliphatic heterocycles. The van der Waals surface area contributed by atoms with Crippen LogP contribution in [0.15, 0.2) is 16.1 Å². The molecule has 0 spiro atoms. The summed E-state index contributed by atoms with van der Waals surface area (Å²) in [5.74, 6) is 0. The van der Waals surface area contributed by atoms with Crippen molar-refractivity contribution in [1.82, 2.24) is 0 Å². The van der Waals surface area contributed by atoms with Gasteiger partial charge in [0, 0.05) is 16.5 Å². The van der Waals surface area contributed by atoms with E-state index < -0.39 is 5.72 Å². The van der Waals surface area contributed by atoms with Crippen LogP contribution < -0.4 is 0 Å². The summed E-state index contributed by atoms with van der Waals surface area (Å²) in [6.07, 6.45) is 0. The fourth-order valence-electron chi connectivity index (χ4n) is 2.44. The van der Waals surface area contributed by atoms with Crippen LogP contribution in [0.1, 0.15) is 55.4 Å². The van der Waals surface area contributed by atoms with Crippen LogP contribution in [0.5, 0.6) is 0 Å². The molecule has 0 aromatic carbocycles. The number of nitrogens with zero attached hydrogens (tertiary/aromatic N) is 1. The highest BCUT2D eigenvalue weighted by Crippen LogP contribution is 2.47. The third-order valence-corrected chi connectivity index (χ3v) is 3.55. The van der Waals surface area contributed by atoms with E-state index in [4.69, 9.17) is 9.88 Å². The van der Waals surface area contributed by atoms with Crippen LogP contribution >= 0.6 is 0 Å². The summed E-state index contributed by atoms with van der Waals surface area (Å²) in [5, 5.41) is 9.38. The molecular weight excluding hydrogens is 214 g/mol. The van der Waals surface area contributed by atoms with Gasteiger partial charge in [-0.25, -0.2) is 15.1 Å². The highest BCUT2D eigenvalue weighted by atomic mass is 17.1. The van der Waals surface area contributed by atoms with Crippen LogP contribution in [0.4, 0.5) is 0 Å². The van der Waals surface area contributed by atoms with E-state index in [-0.39, 0.29) is 10.8 Å². The minimum Gasteiger partial charge on any atom is -0.249 e. The Bertz CT molecular complexity index is 380. The van der Waals surface area contributed by atoms with Crippen LogP contribution in [0.3, 0.4) is 0 Å². The lowest BCUT2D eigenvalue weighted by atomic mass is 9.78. The molecule has 1 N–H and O–H groups in total. The van der Waals surface area contributed by atoms with Crippen LogP contribution in [0.2, 0.25) is 0 Å². The van der Waals surface area contributed by atoms with Crippen molar-refractivity contribution in [2.45, 2.75) is 61.1 Å².